The molecular weight excluding hydrogens is 292 g/mol. The van der Waals surface area contributed by atoms with E-state index >= 15 is 0 Å². The van der Waals surface area contributed by atoms with E-state index in [1.165, 1.54) is 0 Å². The second kappa shape index (κ2) is 6.56. The van der Waals surface area contributed by atoms with Gasteiger partial charge in [-0.05, 0) is 18.2 Å². The minimum Gasteiger partial charge on any atom is -0.441 e. The van der Waals surface area contributed by atoms with Gasteiger partial charge in [-0.2, -0.15) is 0 Å². The van der Waals surface area contributed by atoms with E-state index in [2.05, 4.69) is 20.3 Å². The summed E-state index contributed by atoms with van der Waals surface area (Å²) in [6.07, 6.45) is 2.14. The van der Waals surface area contributed by atoms with Crippen molar-refractivity contribution in [1.82, 2.24) is 20.3 Å². The van der Waals surface area contributed by atoms with E-state index in [0.717, 1.165) is 11.1 Å². The van der Waals surface area contributed by atoms with Gasteiger partial charge in [-0.25, -0.2) is 15.0 Å². The summed E-state index contributed by atoms with van der Waals surface area (Å²) < 4.78 is 5.62. The predicted octanol–water partition coefficient (Wildman–Crippen LogP) is 2.71. The summed E-state index contributed by atoms with van der Waals surface area (Å²) in [5.41, 5.74) is 1.96. The van der Waals surface area contributed by atoms with Crippen LogP contribution in [0.15, 0.2) is 40.9 Å². The van der Waals surface area contributed by atoms with Crippen LogP contribution < -0.4 is 5.32 Å². The number of benzene rings is 1. The highest BCUT2D eigenvalue weighted by atomic mass is 16.3. The number of oxazole rings is 1. The zero-order valence-corrected chi connectivity index (χ0v) is 13.1. The van der Waals surface area contributed by atoms with Crippen molar-refractivity contribution in [2.75, 3.05) is 6.54 Å². The molecular formula is C17H18N4O2. The fourth-order valence-corrected chi connectivity index (χ4v) is 2.18. The summed E-state index contributed by atoms with van der Waals surface area (Å²) in [6.45, 7) is 4.42. The van der Waals surface area contributed by atoms with E-state index < -0.39 is 0 Å². The smallest absolute Gasteiger partial charge is 0.270 e. The number of rotatable bonds is 5. The Morgan fingerprint density at radius 1 is 1.22 bits per heavy atom. The molecule has 0 saturated heterocycles. The molecule has 0 spiro atoms. The van der Waals surface area contributed by atoms with Crippen LogP contribution in [0.3, 0.4) is 0 Å². The molecule has 6 heteroatoms. The molecule has 23 heavy (non-hydrogen) atoms. The van der Waals surface area contributed by atoms with Gasteiger partial charge in [0.15, 0.2) is 11.5 Å². The number of fused-ring (bicyclic) bond motifs is 1. The van der Waals surface area contributed by atoms with Crippen LogP contribution in [-0.2, 0) is 6.42 Å². The van der Waals surface area contributed by atoms with E-state index in [1.807, 2.05) is 38.1 Å². The van der Waals surface area contributed by atoms with E-state index in [0.29, 0.717) is 30.4 Å². The lowest BCUT2D eigenvalue weighted by Gasteiger charge is -2.06. The highest BCUT2D eigenvalue weighted by Crippen LogP contribution is 2.14. The zero-order valence-electron chi connectivity index (χ0n) is 13.1. The van der Waals surface area contributed by atoms with Gasteiger partial charge in [0.25, 0.3) is 5.91 Å². The van der Waals surface area contributed by atoms with Crippen LogP contribution in [0, 0.1) is 0 Å². The maximum atomic E-state index is 12.1. The van der Waals surface area contributed by atoms with Crippen LogP contribution in [0.25, 0.3) is 11.1 Å². The summed E-state index contributed by atoms with van der Waals surface area (Å²) in [7, 11) is 0. The molecule has 3 rings (SSSR count). The SMILES string of the molecule is CC(C)c1nccc(C(=O)NCCc2nc3ccccc3o2)n1. The van der Waals surface area contributed by atoms with E-state index in [4.69, 9.17) is 4.42 Å². The van der Waals surface area contributed by atoms with Crippen LogP contribution in [-0.4, -0.2) is 27.4 Å². The summed E-state index contributed by atoms with van der Waals surface area (Å²) in [5, 5.41) is 2.83. The first kappa shape index (κ1) is 15.1. The molecule has 0 aliphatic rings. The number of carbonyl (C=O) groups is 1. The van der Waals surface area contributed by atoms with Gasteiger partial charge in [-0.3, -0.25) is 4.79 Å². The van der Waals surface area contributed by atoms with Gasteiger partial charge < -0.3 is 9.73 Å². The summed E-state index contributed by atoms with van der Waals surface area (Å²) in [4.78, 5) is 24.9. The van der Waals surface area contributed by atoms with Crippen molar-refractivity contribution in [3.8, 4) is 0 Å². The number of nitrogens with one attached hydrogen (secondary N) is 1. The van der Waals surface area contributed by atoms with Gasteiger partial charge in [0.2, 0.25) is 0 Å². The Morgan fingerprint density at radius 3 is 2.83 bits per heavy atom. The fourth-order valence-electron chi connectivity index (χ4n) is 2.18. The molecule has 2 aromatic heterocycles. The van der Waals surface area contributed by atoms with Crippen molar-refractivity contribution in [3.63, 3.8) is 0 Å². The zero-order chi connectivity index (χ0) is 16.2. The van der Waals surface area contributed by atoms with Crippen LogP contribution in [0.5, 0.6) is 0 Å². The molecule has 0 saturated carbocycles. The van der Waals surface area contributed by atoms with Crippen molar-refractivity contribution in [1.29, 1.82) is 0 Å². The maximum absolute atomic E-state index is 12.1. The Hall–Kier alpha value is -2.76. The molecule has 1 amide bonds. The van der Waals surface area contributed by atoms with Crippen molar-refractivity contribution in [2.45, 2.75) is 26.2 Å². The van der Waals surface area contributed by atoms with E-state index in [-0.39, 0.29) is 11.8 Å². The summed E-state index contributed by atoms with van der Waals surface area (Å²) >= 11 is 0. The molecule has 2 heterocycles. The van der Waals surface area contributed by atoms with Gasteiger partial charge in [0.1, 0.15) is 17.0 Å². The first-order valence-corrected chi connectivity index (χ1v) is 7.59. The molecule has 0 aliphatic carbocycles. The third-order valence-corrected chi connectivity index (χ3v) is 3.39. The van der Waals surface area contributed by atoms with Crippen LogP contribution in [0.4, 0.5) is 0 Å². The van der Waals surface area contributed by atoms with Gasteiger partial charge >= 0.3 is 0 Å². The minimum absolute atomic E-state index is 0.183. The lowest BCUT2D eigenvalue weighted by molar-refractivity contribution is 0.0948. The lowest BCUT2D eigenvalue weighted by atomic mass is 10.2. The number of nitrogens with zero attached hydrogens (tertiary/aromatic N) is 3. The van der Waals surface area contributed by atoms with Crippen LogP contribution >= 0.6 is 0 Å². The molecule has 1 aromatic carbocycles. The Balaban J connectivity index is 1.59. The Labute approximate surface area is 134 Å². The number of hydrogen-bond acceptors (Lipinski definition) is 5. The summed E-state index contributed by atoms with van der Waals surface area (Å²) in [5.74, 6) is 1.24. The number of hydrogen-bond donors (Lipinski definition) is 1. The molecule has 3 aromatic rings. The molecule has 0 atom stereocenters. The van der Waals surface area contributed by atoms with Crippen molar-refractivity contribution in [2.24, 2.45) is 0 Å². The standard InChI is InChI=1S/C17H18N4O2/c1-11(2)16-18-9-7-13(21-16)17(22)19-10-8-15-20-12-5-3-4-6-14(12)23-15/h3-7,9,11H,8,10H2,1-2H3,(H,19,22). The lowest BCUT2D eigenvalue weighted by Crippen LogP contribution is -2.27. The van der Waals surface area contributed by atoms with Crippen LogP contribution in [0.1, 0.15) is 42.0 Å². The average molecular weight is 310 g/mol. The summed E-state index contributed by atoms with van der Waals surface area (Å²) in [6, 6.07) is 9.20. The van der Waals surface area contributed by atoms with E-state index in [1.54, 1.807) is 12.3 Å². The quantitative estimate of drug-likeness (QED) is 0.783. The normalized spacial score (nSPS) is 11.1. The third-order valence-electron chi connectivity index (χ3n) is 3.39. The van der Waals surface area contributed by atoms with Crippen molar-refractivity contribution >= 4 is 17.0 Å². The molecule has 0 radical (unpaired) electrons. The number of amides is 1. The Morgan fingerprint density at radius 2 is 2.04 bits per heavy atom. The van der Waals surface area contributed by atoms with Gasteiger partial charge in [0, 0.05) is 25.1 Å². The highest BCUT2D eigenvalue weighted by Gasteiger charge is 2.11. The number of aromatic nitrogens is 3. The monoisotopic (exact) mass is 310 g/mol. The second-order valence-corrected chi connectivity index (χ2v) is 5.54. The first-order valence-electron chi connectivity index (χ1n) is 7.59. The van der Waals surface area contributed by atoms with Crippen molar-refractivity contribution in [3.05, 3.63) is 53.9 Å². The fraction of sp³-hybridized carbons (Fsp3) is 0.294. The third kappa shape index (κ3) is 3.53. The average Bonchev–Trinajstić information content (AvgIpc) is 2.97. The molecule has 0 unspecified atom stereocenters. The Bertz CT molecular complexity index is 793. The molecule has 1 N–H and O–H groups in total. The molecule has 0 bridgehead atoms. The Kier molecular flexibility index (Phi) is 4.32. The molecule has 0 aliphatic heterocycles. The number of para-hydroxylation sites is 2. The maximum Gasteiger partial charge on any atom is 0.270 e. The predicted molar refractivity (Wildman–Crippen MR) is 86.2 cm³/mol. The molecule has 6 nitrogen and oxygen atoms in total. The largest absolute Gasteiger partial charge is 0.441 e. The number of carbonyl (C=O) groups excluding carboxylic acids is 1. The molecule has 118 valence electrons. The van der Waals surface area contributed by atoms with Crippen molar-refractivity contribution < 1.29 is 9.21 Å². The second-order valence-electron chi connectivity index (χ2n) is 5.54. The van der Waals surface area contributed by atoms with Gasteiger partial charge in [-0.1, -0.05) is 26.0 Å². The van der Waals surface area contributed by atoms with Crippen LogP contribution in [0.2, 0.25) is 0 Å². The van der Waals surface area contributed by atoms with E-state index in [9.17, 15) is 4.79 Å². The topological polar surface area (TPSA) is 80.9 Å². The minimum atomic E-state index is -0.217. The van der Waals surface area contributed by atoms with Gasteiger partial charge in [-0.15, -0.1) is 0 Å². The van der Waals surface area contributed by atoms with Gasteiger partial charge in [0.05, 0.1) is 0 Å². The highest BCUT2D eigenvalue weighted by molar-refractivity contribution is 5.92. The molecule has 0 fully saturated rings. The first-order chi connectivity index (χ1) is 11.1.